The summed E-state index contributed by atoms with van der Waals surface area (Å²) < 4.78 is 10.4. The van der Waals surface area contributed by atoms with Crippen LogP contribution in [0.3, 0.4) is 0 Å². The van der Waals surface area contributed by atoms with Gasteiger partial charge in [0.2, 0.25) is 5.91 Å². The number of anilines is 2. The van der Waals surface area contributed by atoms with Gasteiger partial charge in [-0.05, 0) is 36.4 Å². The summed E-state index contributed by atoms with van der Waals surface area (Å²) in [5.41, 5.74) is 1.52. The van der Waals surface area contributed by atoms with Crippen molar-refractivity contribution in [1.82, 2.24) is 0 Å². The Labute approximate surface area is 140 Å². The minimum absolute atomic E-state index is 0.144. The van der Waals surface area contributed by atoms with Crippen molar-refractivity contribution in [2.75, 3.05) is 37.5 Å². The first-order chi connectivity index (χ1) is 11.2. The van der Waals surface area contributed by atoms with Crippen molar-refractivity contribution in [2.24, 2.45) is 0 Å². The fourth-order valence-electron chi connectivity index (χ4n) is 1.86. The average molecular weight is 335 g/mol. The van der Waals surface area contributed by atoms with Crippen molar-refractivity contribution >= 4 is 28.9 Å². The molecular weight excluding hydrogens is 316 g/mol. The molecule has 0 heterocycles. The lowest BCUT2D eigenvalue weighted by atomic mass is 10.3. The van der Waals surface area contributed by atoms with Gasteiger partial charge in [-0.2, -0.15) is 0 Å². The van der Waals surface area contributed by atoms with Gasteiger partial charge in [0, 0.05) is 29.6 Å². The fourth-order valence-corrected chi connectivity index (χ4v) is 1.99. The van der Waals surface area contributed by atoms with Crippen LogP contribution in [0.25, 0.3) is 0 Å². The SMILES string of the molecule is COCCOc1cccc(NC(=O)CNc2ccc(Cl)cc2)c1. The van der Waals surface area contributed by atoms with E-state index in [1.807, 2.05) is 30.3 Å². The van der Waals surface area contributed by atoms with Gasteiger partial charge in [-0.15, -0.1) is 0 Å². The number of ether oxygens (including phenoxy) is 2. The van der Waals surface area contributed by atoms with E-state index >= 15 is 0 Å². The van der Waals surface area contributed by atoms with E-state index in [0.717, 1.165) is 5.69 Å². The monoisotopic (exact) mass is 334 g/mol. The third-order valence-corrected chi connectivity index (χ3v) is 3.22. The molecule has 0 radical (unpaired) electrons. The van der Waals surface area contributed by atoms with Crippen LogP contribution < -0.4 is 15.4 Å². The highest BCUT2D eigenvalue weighted by Crippen LogP contribution is 2.17. The molecule has 5 nitrogen and oxygen atoms in total. The molecule has 0 aliphatic heterocycles. The normalized spacial score (nSPS) is 10.2. The van der Waals surface area contributed by atoms with Crippen LogP contribution in [-0.4, -0.2) is 32.8 Å². The van der Waals surface area contributed by atoms with Crippen LogP contribution in [0, 0.1) is 0 Å². The summed E-state index contributed by atoms with van der Waals surface area (Å²) in [7, 11) is 1.62. The van der Waals surface area contributed by atoms with Crippen molar-refractivity contribution in [2.45, 2.75) is 0 Å². The van der Waals surface area contributed by atoms with Crippen LogP contribution in [0.1, 0.15) is 0 Å². The molecule has 1 amide bonds. The Bertz CT molecular complexity index is 632. The first-order valence-electron chi connectivity index (χ1n) is 7.18. The number of nitrogens with one attached hydrogen (secondary N) is 2. The second-order valence-corrected chi connectivity index (χ2v) is 5.21. The Morgan fingerprint density at radius 1 is 1.09 bits per heavy atom. The Morgan fingerprint density at radius 3 is 2.61 bits per heavy atom. The van der Waals surface area contributed by atoms with Gasteiger partial charge in [0.1, 0.15) is 12.4 Å². The predicted octanol–water partition coefficient (Wildman–Crippen LogP) is 3.42. The topological polar surface area (TPSA) is 59.6 Å². The van der Waals surface area contributed by atoms with Gasteiger partial charge in [0.25, 0.3) is 0 Å². The minimum Gasteiger partial charge on any atom is -0.491 e. The minimum atomic E-state index is -0.144. The van der Waals surface area contributed by atoms with Gasteiger partial charge in [0.15, 0.2) is 0 Å². The average Bonchev–Trinajstić information content (AvgIpc) is 2.55. The summed E-state index contributed by atoms with van der Waals surface area (Å²) in [5, 5.41) is 6.50. The van der Waals surface area contributed by atoms with Crippen LogP contribution >= 0.6 is 11.6 Å². The van der Waals surface area contributed by atoms with E-state index in [1.165, 1.54) is 0 Å². The largest absolute Gasteiger partial charge is 0.491 e. The van der Waals surface area contributed by atoms with Crippen molar-refractivity contribution in [3.8, 4) is 5.75 Å². The van der Waals surface area contributed by atoms with E-state index in [-0.39, 0.29) is 12.5 Å². The van der Waals surface area contributed by atoms with Crippen LogP contribution in [0.2, 0.25) is 5.02 Å². The van der Waals surface area contributed by atoms with Gasteiger partial charge in [-0.3, -0.25) is 4.79 Å². The number of rotatable bonds is 8. The molecule has 0 bridgehead atoms. The summed E-state index contributed by atoms with van der Waals surface area (Å²) in [4.78, 5) is 12.0. The zero-order valence-electron chi connectivity index (χ0n) is 12.8. The quantitative estimate of drug-likeness (QED) is 0.726. The van der Waals surface area contributed by atoms with Crippen molar-refractivity contribution in [1.29, 1.82) is 0 Å². The fraction of sp³-hybridized carbons (Fsp3) is 0.235. The molecule has 2 aromatic carbocycles. The van der Waals surface area contributed by atoms with Gasteiger partial charge in [-0.25, -0.2) is 0 Å². The summed E-state index contributed by atoms with van der Waals surface area (Å²) in [6.45, 7) is 1.14. The summed E-state index contributed by atoms with van der Waals surface area (Å²) in [5.74, 6) is 0.541. The van der Waals surface area contributed by atoms with Crippen molar-refractivity contribution in [3.05, 3.63) is 53.6 Å². The van der Waals surface area contributed by atoms with Crippen molar-refractivity contribution in [3.63, 3.8) is 0 Å². The lowest BCUT2D eigenvalue weighted by Crippen LogP contribution is -2.21. The number of hydrogen-bond donors (Lipinski definition) is 2. The van der Waals surface area contributed by atoms with Gasteiger partial charge < -0.3 is 20.1 Å². The lowest BCUT2D eigenvalue weighted by molar-refractivity contribution is -0.114. The molecule has 0 aromatic heterocycles. The Kier molecular flexibility index (Phi) is 6.72. The number of amides is 1. The molecule has 0 saturated heterocycles. The molecule has 6 heteroatoms. The predicted molar refractivity (Wildman–Crippen MR) is 92.4 cm³/mol. The maximum atomic E-state index is 12.0. The highest BCUT2D eigenvalue weighted by atomic mass is 35.5. The molecule has 0 saturated carbocycles. The highest BCUT2D eigenvalue weighted by molar-refractivity contribution is 6.30. The number of methoxy groups -OCH3 is 1. The Balaban J connectivity index is 1.82. The third kappa shape index (κ3) is 6.18. The van der Waals surface area contributed by atoms with E-state index in [1.54, 1.807) is 25.3 Å². The molecule has 0 atom stereocenters. The van der Waals surface area contributed by atoms with E-state index in [4.69, 9.17) is 21.1 Å². The Hall–Kier alpha value is -2.24. The molecule has 2 aromatic rings. The zero-order chi connectivity index (χ0) is 16.5. The molecule has 0 aliphatic rings. The standard InChI is InChI=1S/C17H19ClN2O3/c1-22-9-10-23-16-4-2-3-15(11-16)20-17(21)12-19-14-7-5-13(18)6-8-14/h2-8,11,19H,9-10,12H2,1H3,(H,20,21). The molecule has 2 rings (SSSR count). The summed E-state index contributed by atoms with van der Waals surface area (Å²) in [6.07, 6.45) is 0. The van der Waals surface area contributed by atoms with Crippen LogP contribution in [0.15, 0.2) is 48.5 Å². The molecule has 0 aliphatic carbocycles. The molecule has 23 heavy (non-hydrogen) atoms. The molecule has 2 N–H and O–H groups in total. The highest BCUT2D eigenvalue weighted by Gasteiger charge is 2.04. The second-order valence-electron chi connectivity index (χ2n) is 4.78. The number of carbonyl (C=O) groups is 1. The number of hydrogen-bond acceptors (Lipinski definition) is 4. The first kappa shape index (κ1) is 17.1. The van der Waals surface area contributed by atoms with E-state index in [9.17, 15) is 4.79 Å². The molecule has 0 unspecified atom stereocenters. The van der Waals surface area contributed by atoms with Crippen molar-refractivity contribution < 1.29 is 14.3 Å². The molecule has 122 valence electrons. The van der Waals surface area contributed by atoms with E-state index in [2.05, 4.69) is 10.6 Å². The maximum Gasteiger partial charge on any atom is 0.243 e. The van der Waals surface area contributed by atoms with Crippen LogP contribution in [0.5, 0.6) is 5.75 Å². The second kappa shape index (κ2) is 9.02. The van der Waals surface area contributed by atoms with Crippen LogP contribution in [-0.2, 0) is 9.53 Å². The third-order valence-electron chi connectivity index (χ3n) is 2.97. The number of halogens is 1. The molecule has 0 spiro atoms. The smallest absolute Gasteiger partial charge is 0.243 e. The molecular formula is C17H19ClN2O3. The van der Waals surface area contributed by atoms with Gasteiger partial charge in [0.05, 0.1) is 13.2 Å². The van der Waals surface area contributed by atoms with Gasteiger partial charge in [-0.1, -0.05) is 17.7 Å². The van der Waals surface area contributed by atoms with E-state index < -0.39 is 0 Å². The Morgan fingerprint density at radius 2 is 1.87 bits per heavy atom. The first-order valence-corrected chi connectivity index (χ1v) is 7.56. The maximum absolute atomic E-state index is 12.0. The lowest BCUT2D eigenvalue weighted by Gasteiger charge is -2.10. The number of benzene rings is 2. The summed E-state index contributed by atoms with van der Waals surface area (Å²) >= 11 is 5.82. The summed E-state index contributed by atoms with van der Waals surface area (Å²) in [6, 6.07) is 14.4. The van der Waals surface area contributed by atoms with E-state index in [0.29, 0.717) is 29.7 Å². The molecule has 0 fully saturated rings. The van der Waals surface area contributed by atoms with Gasteiger partial charge >= 0.3 is 0 Å². The number of carbonyl (C=O) groups excluding carboxylic acids is 1. The zero-order valence-corrected chi connectivity index (χ0v) is 13.6. The van der Waals surface area contributed by atoms with Crippen LogP contribution in [0.4, 0.5) is 11.4 Å².